The summed E-state index contributed by atoms with van der Waals surface area (Å²) in [6.45, 7) is 9.90. The molecule has 1 aliphatic carbocycles. The second kappa shape index (κ2) is 6.77. The van der Waals surface area contributed by atoms with Crippen LogP contribution in [0.1, 0.15) is 53.9 Å². The summed E-state index contributed by atoms with van der Waals surface area (Å²) in [5.41, 5.74) is -0.847. The van der Waals surface area contributed by atoms with Gasteiger partial charge < -0.3 is 14.8 Å². The molecule has 0 radical (unpaired) electrons. The van der Waals surface area contributed by atoms with Crippen LogP contribution in [0.15, 0.2) is 0 Å². The number of rotatable bonds is 5. The van der Waals surface area contributed by atoms with Crippen molar-refractivity contribution in [2.45, 2.75) is 65.5 Å². The van der Waals surface area contributed by atoms with E-state index in [1.54, 1.807) is 7.11 Å². The van der Waals surface area contributed by atoms with Crippen LogP contribution in [0.25, 0.3) is 0 Å². The molecule has 0 heterocycles. The second-order valence-corrected chi connectivity index (χ2v) is 7.43. The van der Waals surface area contributed by atoms with Gasteiger partial charge in [0, 0.05) is 31.1 Å². The molecule has 5 nitrogen and oxygen atoms in total. The van der Waals surface area contributed by atoms with Gasteiger partial charge in [0.05, 0.1) is 0 Å². The molecular formula is C16H29NO4. The molecule has 0 aromatic heterocycles. The zero-order valence-corrected chi connectivity index (χ0v) is 14.1. The molecule has 21 heavy (non-hydrogen) atoms. The highest BCUT2D eigenvalue weighted by Gasteiger charge is 2.44. The molecule has 0 aromatic carbocycles. The van der Waals surface area contributed by atoms with Crippen molar-refractivity contribution in [1.82, 2.24) is 5.32 Å². The highest BCUT2D eigenvalue weighted by atomic mass is 16.6. The Morgan fingerprint density at radius 1 is 1.43 bits per heavy atom. The van der Waals surface area contributed by atoms with Crippen LogP contribution in [0.5, 0.6) is 0 Å². The Labute approximate surface area is 127 Å². The van der Waals surface area contributed by atoms with Crippen molar-refractivity contribution in [3.05, 3.63) is 0 Å². The molecule has 122 valence electrons. The van der Waals surface area contributed by atoms with Crippen LogP contribution in [-0.2, 0) is 14.3 Å². The quantitative estimate of drug-likeness (QED) is 0.847. The number of amides is 1. The zero-order chi connectivity index (χ0) is 16.3. The number of nitrogens with one attached hydrogen (secondary N) is 1. The number of Topliss-reactive ketones (excluding diaryl/α,β-unsaturated/α-hetero) is 1. The van der Waals surface area contributed by atoms with E-state index in [0.29, 0.717) is 13.0 Å². The van der Waals surface area contributed by atoms with E-state index in [9.17, 15) is 9.59 Å². The van der Waals surface area contributed by atoms with E-state index in [0.717, 1.165) is 12.8 Å². The number of hydrogen-bond donors (Lipinski definition) is 1. The van der Waals surface area contributed by atoms with Crippen molar-refractivity contribution in [3.8, 4) is 0 Å². The topological polar surface area (TPSA) is 64.6 Å². The fourth-order valence-electron chi connectivity index (χ4n) is 2.73. The van der Waals surface area contributed by atoms with Crippen LogP contribution >= 0.6 is 0 Å². The molecule has 1 rings (SSSR count). The lowest BCUT2D eigenvalue weighted by Crippen LogP contribution is -2.45. The van der Waals surface area contributed by atoms with E-state index in [4.69, 9.17) is 9.47 Å². The van der Waals surface area contributed by atoms with Gasteiger partial charge in [0.2, 0.25) is 0 Å². The van der Waals surface area contributed by atoms with Crippen LogP contribution in [0, 0.1) is 11.3 Å². The summed E-state index contributed by atoms with van der Waals surface area (Å²) in [5, 5.41) is 2.86. The van der Waals surface area contributed by atoms with Gasteiger partial charge in [-0.1, -0.05) is 13.8 Å². The van der Waals surface area contributed by atoms with Crippen LogP contribution in [0.3, 0.4) is 0 Å². The number of carbonyl (C=O) groups is 2. The SMILES string of the molecule is COCCC(NC(=O)OC(C)(C)C)C1CCC(C)(C)C1=O. The van der Waals surface area contributed by atoms with E-state index in [1.807, 2.05) is 34.6 Å². The normalized spacial score (nSPS) is 23.0. The number of ketones is 1. The van der Waals surface area contributed by atoms with Crippen LogP contribution in [-0.4, -0.2) is 37.2 Å². The maximum Gasteiger partial charge on any atom is 0.407 e. The predicted molar refractivity (Wildman–Crippen MR) is 81.2 cm³/mol. The van der Waals surface area contributed by atoms with Gasteiger partial charge in [-0.3, -0.25) is 4.79 Å². The Morgan fingerprint density at radius 3 is 2.48 bits per heavy atom. The third-order valence-electron chi connectivity index (χ3n) is 3.90. The summed E-state index contributed by atoms with van der Waals surface area (Å²) in [4.78, 5) is 24.4. The molecule has 0 saturated heterocycles. The molecule has 2 unspecified atom stereocenters. The van der Waals surface area contributed by atoms with Gasteiger partial charge in [-0.05, 0) is 40.0 Å². The summed E-state index contributed by atoms with van der Waals surface area (Å²) in [6.07, 6.45) is 1.80. The third-order valence-corrected chi connectivity index (χ3v) is 3.90. The van der Waals surface area contributed by atoms with Gasteiger partial charge in [-0.25, -0.2) is 4.79 Å². The molecule has 0 spiro atoms. The highest BCUT2D eigenvalue weighted by Crippen LogP contribution is 2.39. The zero-order valence-electron chi connectivity index (χ0n) is 14.1. The van der Waals surface area contributed by atoms with Gasteiger partial charge >= 0.3 is 6.09 Å². The van der Waals surface area contributed by atoms with Gasteiger partial charge in [0.1, 0.15) is 11.4 Å². The number of alkyl carbamates (subject to hydrolysis) is 1. The second-order valence-electron chi connectivity index (χ2n) is 7.43. The van der Waals surface area contributed by atoms with Crippen molar-refractivity contribution < 1.29 is 19.1 Å². The maximum absolute atomic E-state index is 12.5. The van der Waals surface area contributed by atoms with Crippen LogP contribution in [0.4, 0.5) is 4.79 Å². The molecule has 1 saturated carbocycles. The van der Waals surface area contributed by atoms with E-state index < -0.39 is 11.7 Å². The van der Waals surface area contributed by atoms with Crippen molar-refractivity contribution in [2.75, 3.05) is 13.7 Å². The molecule has 5 heteroatoms. The summed E-state index contributed by atoms with van der Waals surface area (Å²) in [7, 11) is 1.62. The molecule has 0 bridgehead atoms. The number of hydrogen-bond acceptors (Lipinski definition) is 4. The average molecular weight is 299 g/mol. The standard InChI is InChI=1S/C16H29NO4/c1-15(2,3)21-14(19)17-12(8-10-20-6)11-7-9-16(4,5)13(11)18/h11-12H,7-10H2,1-6H3,(H,17,19). The third kappa shape index (κ3) is 5.30. The Balaban J connectivity index is 2.73. The minimum absolute atomic E-state index is 0.150. The number of carbonyl (C=O) groups excluding carboxylic acids is 2. The molecule has 1 fully saturated rings. The van der Waals surface area contributed by atoms with Crippen LogP contribution < -0.4 is 5.32 Å². The first kappa shape index (κ1) is 18.0. The van der Waals surface area contributed by atoms with E-state index in [-0.39, 0.29) is 23.2 Å². The molecule has 0 aliphatic heterocycles. The summed E-state index contributed by atoms with van der Waals surface area (Å²) < 4.78 is 10.4. The first-order valence-corrected chi connectivity index (χ1v) is 7.59. The van der Waals surface area contributed by atoms with Crippen molar-refractivity contribution >= 4 is 11.9 Å². The van der Waals surface area contributed by atoms with Crippen LogP contribution in [0.2, 0.25) is 0 Å². The fourth-order valence-corrected chi connectivity index (χ4v) is 2.73. The lowest BCUT2D eigenvalue weighted by Gasteiger charge is -2.27. The van der Waals surface area contributed by atoms with E-state index in [2.05, 4.69) is 5.32 Å². The fraction of sp³-hybridized carbons (Fsp3) is 0.875. The first-order valence-electron chi connectivity index (χ1n) is 7.59. The smallest absolute Gasteiger partial charge is 0.407 e. The Bertz CT molecular complexity index is 384. The maximum atomic E-state index is 12.5. The summed E-state index contributed by atoms with van der Waals surface area (Å²) in [6, 6.07) is -0.228. The first-order chi connectivity index (χ1) is 9.57. The minimum atomic E-state index is -0.547. The minimum Gasteiger partial charge on any atom is -0.444 e. The predicted octanol–water partition coefficient (Wildman–Crippen LogP) is 2.92. The highest BCUT2D eigenvalue weighted by molar-refractivity contribution is 5.89. The number of ether oxygens (including phenoxy) is 2. The molecule has 1 amide bonds. The monoisotopic (exact) mass is 299 g/mol. The van der Waals surface area contributed by atoms with Gasteiger partial charge in [-0.15, -0.1) is 0 Å². The Morgan fingerprint density at radius 2 is 2.05 bits per heavy atom. The number of methoxy groups -OCH3 is 1. The Kier molecular flexibility index (Phi) is 5.79. The molecule has 1 N–H and O–H groups in total. The van der Waals surface area contributed by atoms with Crippen molar-refractivity contribution in [3.63, 3.8) is 0 Å². The molecule has 0 aromatic rings. The molecule has 2 atom stereocenters. The molecule has 1 aliphatic rings. The van der Waals surface area contributed by atoms with Gasteiger partial charge in [-0.2, -0.15) is 0 Å². The Hall–Kier alpha value is -1.10. The van der Waals surface area contributed by atoms with E-state index >= 15 is 0 Å². The lowest BCUT2D eigenvalue weighted by atomic mass is 9.86. The lowest BCUT2D eigenvalue weighted by molar-refractivity contribution is -0.128. The van der Waals surface area contributed by atoms with Gasteiger partial charge in [0.15, 0.2) is 0 Å². The average Bonchev–Trinajstić information content (AvgIpc) is 2.58. The molecular weight excluding hydrogens is 270 g/mol. The van der Waals surface area contributed by atoms with Crippen molar-refractivity contribution in [1.29, 1.82) is 0 Å². The van der Waals surface area contributed by atoms with E-state index in [1.165, 1.54) is 0 Å². The summed E-state index contributed by atoms with van der Waals surface area (Å²) >= 11 is 0. The van der Waals surface area contributed by atoms with Crippen molar-refractivity contribution in [2.24, 2.45) is 11.3 Å². The summed E-state index contributed by atoms with van der Waals surface area (Å²) in [5.74, 6) is 0.0716. The van der Waals surface area contributed by atoms with Gasteiger partial charge in [0.25, 0.3) is 0 Å². The largest absolute Gasteiger partial charge is 0.444 e.